The zero-order valence-electron chi connectivity index (χ0n) is 20.1. The molecule has 0 aliphatic carbocycles. The van der Waals surface area contributed by atoms with Crippen LogP contribution in [0.3, 0.4) is 0 Å². The molecular formula is C24H26N6O5S. The molecule has 12 heteroatoms. The van der Waals surface area contributed by atoms with E-state index in [0.29, 0.717) is 36.7 Å². The number of carbonyl (C=O) groups excluding carboxylic acids is 1. The first-order valence-electron chi connectivity index (χ1n) is 11.4. The van der Waals surface area contributed by atoms with E-state index in [9.17, 15) is 18.0 Å². The number of amides is 1. The number of nitrogens with one attached hydrogen (secondary N) is 2. The molecule has 0 aliphatic heterocycles. The Morgan fingerprint density at radius 2 is 1.83 bits per heavy atom. The zero-order valence-corrected chi connectivity index (χ0v) is 20.9. The molecule has 0 saturated heterocycles. The molecule has 2 N–H and O–H groups in total. The fourth-order valence-corrected chi connectivity index (χ4v) is 5.09. The van der Waals surface area contributed by atoms with Gasteiger partial charge in [-0.2, -0.15) is 14.1 Å². The van der Waals surface area contributed by atoms with Crippen molar-refractivity contribution in [1.29, 1.82) is 0 Å². The van der Waals surface area contributed by atoms with Crippen molar-refractivity contribution in [2.45, 2.75) is 32.1 Å². The number of furan rings is 1. The van der Waals surface area contributed by atoms with Gasteiger partial charge < -0.3 is 9.73 Å². The van der Waals surface area contributed by atoms with Crippen molar-refractivity contribution in [3.05, 3.63) is 76.4 Å². The van der Waals surface area contributed by atoms with E-state index >= 15 is 0 Å². The summed E-state index contributed by atoms with van der Waals surface area (Å²) in [7, 11) is -3.64. The van der Waals surface area contributed by atoms with E-state index in [-0.39, 0.29) is 27.8 Å². The largest absolute Gasteiger partial charge is 0.463 e. The molecule has 0 unspecified atom stereocenters. The number of sulfonamides is 1. The summed E-state index contributed by atoms with van der Waals surface area (Å²) >= 11 is 0. The highest BCUT2D eigenvalue weighted by Gasteiger charge is 2.22. The molecule has 0 atom stereocenters. The van der Waals surface area contributed by atoms with Crippen molar-refractivity contribution in [2.75, 3.05) is 18.4 Å². The molecule has 0 bridgehead atoms. The number of aromatic nitrogens is 4. The van der Waals surface area contributed by atoms with Crippen molar-refractivity contribution in [1.82, 2.24) is 24.1 Å². The van der Waals surface area contributed by atoms with Crippen LogP contribution in [0.2, 0.25) is 0 Å². The average Bonchev–Trinajstić information content (AvgIpc) is 3.54. The quantitative estimate of drug-likeness (QED) is 0.352. The standard InChI is InChI=1S/C24H26N6O5S/c1-4-17-14-22(31)27-24(25-17)30-21(15-19(28-30)20-8-7-13-35-20)26-23(32)16-9-11-18(12-10-16)36(33,34)29(5-2)6-3/h7-15H,4-6H2,1-3H3,(H,26,32)(H,25,27,31). The summed E-state index contributed by atoms with van der Waals surface area (Å²) in [5.41, 5.74) is 0.866. The number of anilines is 1. The van der Waals surface area contributed by atoms with Gasteiger partial charge in [-0.05, 0) is 42.8 Å². The van der Waals surface area contributed by atoms with Crippen LogP contribution in [-0.2, 0) is 16.4 Å². The van der Waals surface area contributed by atoms with Crippen molar-refractivity contribution in [3.8, 4) is 17.4 Å². The number of carbonyl (C=O) groups is 1. The minimum Gasteiger partial charge on any atom is -0.463 e. The van der Waals surface area contributed by atoms with Gasteiger partial charge in [-0.25, -0.2) is 13.4 Å². The highest BCUT2D eigenvalue weighted by molar-refractivity contribution is 7.89. The lowest BCUT2D eigenvalue weighted by atomic mass is 10.2. The third-order valence-corrected chi connectivity index (χ3v) is 7.59. The fraction of sp³-hybridized carbons (Fsp3) is 0.250. The van der Waals surface area contributed by atoms with Crippen molar-refractivity contribution >= 4 is 21.7 Å². The molecule has 1 amide bonds. The summed E-state index contributed by atoms with van der Waals surface area (Å²) in [5.74, 6) is 0.336. The zero-order chi connectivity index (χ0) is 25.9. The molecule has 4 aromatic rings. The molecule has 3 aromatic heterocycles. The number of nitrogens with zero attached hydrogens (tertiary/aromatic N) is 4. The minimum absolute atomic E-state index is 0.103. The Balaban J connectivity index is 1.68. The van der Waals surface area contributed by atoms with Crippen LogP contribution in [0.5, 0.6) is 0 Å². The number of aryl methyl sites for hydroxylation is 1. The Morgan fingerprint density at radius 1 is 1.11 bits per heavy atom. The maximum atomic E-state index is 13.1. The molecule has 0 radical (unpaired) electrons. The predicted octanol–water partition coefficient (Wildman–Crippen LogP) is 3.06. The van der Waals surface area contributed by atoms with Crippen LogP contribution >= 0.6 is 0 Å². The monoisotopic (exact) mass is 510 g/mol. The maximum absolute atomic E-state index is 13.1. The summed E-state index contributed by atoms with van der Waals surface area (Å²) in [6.07, 6.45) is 2.03. The molecule has 0 fully saturated rings. The predicted molar refractivity (Wildman–Crippen MR) is 134 cm³/mol. The third kappa shape index (κ3) is 4.99. The second kappa shape index (κ2) is 10.3. The minimum atomic E-state index is -3.64. The molecule has 0 aliphatic rings. The topological polar surface area (TPSA) is 143 Å². The molecule has 4 rings (SSSR count). The van der Waals surface area contributed by atoms with Gasteiger partial charge in [-0.15, -0.1) is 0 Å². The Labute approximate surface area is 207 Å². The number of hydrogen-bond acceptors (Lipinski definition) is 7. The van der Waals surface area contributed by atoms with E-state index in [1.807, 2.05) is 6.92 Å². The van der Waals surface area contributed by atoms with Gasteiger partial charge in [0.05, 0.1) is 11.2 Å². The fourth-order valence-electron chi connectivity index (χ4n) is 3.63. The lowest BCUT2D eigenvalue weighted by Crippen LogP contribution is -2.30. The van der Waals surface area contributed by atoms with E-state index in [1.165, 1.54) is 45.6 Å². The number of rotatable bonds is 9. The van der Waals surface area contributed by atoms with E-state index in [1.54, 1.807) is 32.0 Å². The number of benzene rings is 1. The van der Waals surface area contributed by atoms with Gasteiger partial charge in [-0.3, -0.25) is 14.6 Å². The van der Waals surface area contributed by atoms with Gasteiger partial charge >= 0.3 is 0 Å². The van der Waals surface area contributed by atoms with Crippen LogP contribution in [0.15, 0.2) is 68.9 Å². The summed E-state index contributed by atoms with van der Waals surface area (Å²) in [6.45, 7) is 6.09. The molecule has 0 saturated carbocycles. The van der Waals surface area contributed by atoms with E-state index in [0.717, 1.165) is 0 Å². The molecule has 3 heterocycles. The average molecular weight is 511 g/mol. The molecule has 188 valence electrons. The smallest absolute Gasteiger partial charge is 0.256 e. The van der Waals surface area contributed by atoms with Gasteiger partial charge in [0.25, 0.3) is 11.5 Å². The Kier molecular flexibility index (Phi) is 7.17. The van der Waals surface area contributed by atoms with Crippen LogP contribution in [0.1, 0.15) is 36.8 Å². The maximum Gasteiger partial charge on any atom is 0.256 e. The second-order valence-electron chi connectivity index (χ2n) is 7.79. The Bertz CT molecular complexity index is 1520. The molecule has 11 nitrogen and oxygen atoms in total. The van der Waals surface area contributed by atoms with Crippen LogP contribution in [-0.4, -0.2) is 51.5 Å². The summed E-state index contributed by atoms with van der Waals surface area (Å²) in [5, 5.41) is 7.23. The van der Waals surface area contributed by atoms with Crippen LogP contribution in [0.25, 0.3) is 17.4 Å². The van der Waals surface area contributed by atoms with Gasteiger partial charge in [0.1, 0.15) is 11.5 Å². The van der Waals surface area contributed by atoms with Crippen molar-refractivity contribution in [3.63, 3.8) is 0 Å². The van der Waals surface area contributed by atoms with Gasteiger partial charge in [-0.1, -0.05) is 20.8 Å². The van der Waals surface area contributed by atoms with Gasteiger partial charge in [0.2, 0.25) is 16.0 Å². The molecular weight excluding hydrogens is 484 g/mol. The normalized spacial score (nSPS) is 11.7. The van der Waals surface area contributed by atoms with E-state index < -0.39 is 15.9 Å². The number of hydrogen-bond donors (Lipinski definition) is 2. The molecule has 36 heavy (non-hydrogen) atoms. The highest BCUT2D eigenvalue weighted by Crippen LogP contribution is 2.25. The van der Waals surface area contributed by atoms with Crippen LogP contribution in [0.4, 0.5) is 5.82 Å². The molecule has 1 aromatic carbocycles. The van der Waals surface area contributed by atoms with E-state index in [4.69, 9.17) is 4.42 Å². The van der Waals surface area contributed by atoms with Crippen LogP contribution < -0.4 is 10.9 Å². The SMILES string of the molecule is CCc1cc(=O)[nH]c(-n2nc(-c3ccco3)cc2NC(=O)c2ccc(S(=O)(=O)N(CC)CC)cc2)n1. The first-order valence-corrected chi connectivity index (χ1v) is 12.9. The number of H-pyrrole nitrogens is 1. The van der Waals surface area contributed by atoms with Gasteiger partial charge in [0, 0.05) is 36.5 Å². The van der Waals surface area contributed by atoms with Crippen molar-refractivity contribution < 1.29 is 17.6 Å². The summed E-state index contributed by atoms with van der Waals surface area (Å²) < 4.78 is 33.5. The first-order chi connectivity index (χ1) is 17.3. The second-order valence-corrected chi connectivity index (χ2v) is 9.72. The summed E-state index contributed by atoms with van der Waals surface area (Å²) in [4.78, 5) is 32.4. The lowest BCUT2D eigenvalue weighted by molar-refractivity contribution is 0.102. The first kappa shape index (κ1) is 25.1. The highest BCUT2D eigenvalue weighted by atomic mass is 32.2. The van der Waals surface area contributed by atoms with Crippen molar-refractivity contribution in [2.24, 2.45) is 0 Å². The lowest BCUT2D eigenvalue weighted by Gasteiger charge is -2.18. The number of aromatic amines is 1. The summed E-state index contributed by atoms with van der Waals surface area (Å²) in [6, 6.07) is 12.1. The van der Waals surface area contributed by atoms with E-state index in [2.05, 4.69) is 20.4 Å². The Hall–Kier alpha value is -4.03. The van der Waals surface area contributed by atoms with Gasteiger partial charge in [0.15, 0.2) is 5.76 Å². The van der Waals surface area contributed by atoms with Crippen LogP contribution in [0, 0.1) is 0 Å². The Morgan fingerprint density at radius 3 is 2.44 bits per heavy atom. The molecule has 0 spiro atoms. The third-order valence-electron chi connectivity index (χ3n) is 5.53.